The summed E-state index contributed by atoms with van der Waals surface area (Å²) in [5, 5.41) is 18.4. The summed E-state index contributed by atoms with van der Waals surface area (Å²) in [6.45, 7) is 4.26. The Balaban J connectivity index is 2.56. The van der Waals surface area contributed by atoms with Crippen LogP contribution in [0.4, 0.5) is 0 Å². The first kappa shape index (κ1) is 15.2. The molecule has 0 aromatic heterocycles. The van der Waals surface area contributed by atoms with Crippen molar-refractivity contribution in [3.8, 4) is 6.07 Å². The molecule has 0 radical (unpaired) electrons. The minimum atomic E-state index is -0.601. The smallest absolute Gasteiger partial charge is 0.225 e. The van der Waals surface area contributed by atoms with Gasteiger partial charge in [0.25, 0.3) is 0 Å². The molecule has 0 spiro atoms. The molecule has 0 bridgehead atoms. The van der Waals surface area contributed by atoms with E-state index in [0.717, 1.165) is 5.56 Å². The monoisotopic (exact) mass is 260 g/mol. The van der Waals surface area contributed by atoms with Gasteiger partial charge in [0.2, 0.25) is 5.91 Å². The zero-order valence-corrected chi connectivity index (χ0v) is 11.6. The van der Waals surface area contributed by atoms with Crippen molar-refractivity contribution in [2.24, 2.45) is 5.92 Å². The van der Waals surface area contributed by atoms with Crippen LogP contribution < -0.4 is 0 Å². The molecule has 1 aromatic carbocycles. The molecule has 19 heavy (non-hydrogen) atoms. The van der Waals surface area contributed by atoms with E-state index in [1.54, 1.807) is 24.1 Å². The fourth-order valence-electron chi connectivity index (χ4n) is 1.62. The Morgan fingerprint density at radius 2 is 1.95 bits per heavy atom. The molecule has 0 aliphatic carbocycles. The van der Waals surface area contributed by atoms with Crippen LogP contribution in [-0.2, 0) is 11.3 Å². The molecular formula is C15H20N2O2. The Morgan fingerprint density at radius 3 is 2.42 bits per heavy atom. The van der Waals surface area contributed by atoms with E-state index >= 15 is 0 Å². The van der Waals surface area contributed by atoms with Gasteiger partial charge in [-0.15, -0.1) is 0 Å². The average molecular weight is 260 g/mol. The quantitative estimate of drug-likeness (QED) is 0.879. The second-order valence-electron chi connectivity index (χ2n) is 5.07. The minimum absolute atomic E-state index is 0.0762. The number of amides is 1. The van der Waals surface area contributed by atoms with Crippen LogP contribution in [0.25, 0.3) is 0 Å². The molecular weight excluding hydrogens is 240 g/mol. The molecule has 1 atom stereocenters. The van der Waals surface area contributed by atoms with Gasteiger partial charge in [-0.2, -0.15) is 5.26 Å². The van der Waals surface area contributed by atoms with Gasteiger partial charge >= 0.3 is 0 Å². The number of aliphatic hydroxyl groups excluding tert-OH is 1. The normalized spacial score (nSPS) is 12.0. The van der Waals surface area contributed by atoms with Crippen molar-refractivity contribution in [3.05, 3.63) is 35.4 Å². The number of hydrogen-bond donors (Lipinski definition) is 1. The molecule has 4 heteroatoms. The van der Waals surface area contributed by atoms with Crippen molar-refractivity contribution in [3.63, 3.8) is 0 Å². The van der Waals surface area contributed by atoms with Gasteiger partial charge in [0.1, 0.15) is 0 Å². The highest BCUT2D eigenvalue weighted by Gasteiger charge is 2.17. The highest BCUT2D eigenvalue weighted by atomic mass is 16.3. The molecule has 1 amide bonds. The first-order chi connectivity index (χ1) is 8.93. The first-order valence-corrected chi connectivity index (χ1v) is 6.35. The van der Waals surface area contributed by atoms with Crippen molar-refractivity contribution in [1.82, 2.24) is 4.90 Å². The van der Waals surface area contributed by atoms with Gasteiger partial charge in [0, 0.05) is 13.6 Å². The standard InChI is InChI=1S/C15H20N2O2/c1-11(2)14(18)8-15(19)17(3)10-13-6-4-12(9-16)5-7-13/h4-7,11,14,18H,8,10H2,1-3H3. The molecule has 0 aliphatic rings. The van der Waals surface area contributed by atoms with E-state index in [4.69, 9.17) is 5.26 Å². The summed E-state index contributed by atoms with van der Waals surface area (Å²) in [6, 6.07) is 9.19. The lowest BCUT2D eigenvalue weighted by Gasteiger charge is -2.20. The fourth-order valence-corrected chi connectivity index (χ4v) is 1.62. The molecule has 0 saturated heterocycles. The Hall–Kier alpha value is -1.86. The lowest BCUT2D eigenvalue weighted by molar-refractivity contribution is -0.133. The highest BCUT2D eigenvalue weighted by molar-refractivity contribution is 5.76. The molecule has 0 fully saturated rings. The van der Waals surface area contributed by atoms with Crippen molar-refractivity contribution in [2.75, 3.05) is 7.05 Å². The van der Waals surface area contributed by atoms with Crippen LogP contribution in [0.3, 0.4) is 0 Å². The van der Waals surface area contributed by atoms with E-state index in [0.29, 0.717) is 12.1 Å². The summed E-state index contributed by atoms with van der Waals surface area (Å²) in [5.74, 6) is -0.00202. The van der Waals surface area contributed by atoms with Gasteiger partial charge in [0.15, 0.2) is 0 Å². The number of nitriles is 1. The van der Waals surface area contributed by atoms with Gasteiger partial charge < -0.3 is 10.0 Å². The van der Waals surface area contributed by atoms with Crippen molar-refractivity contribution >= 4 is 5.91 Å². The summed E-state index contributed by atoms with van der Waals surface area (Å²) in [4.78, 5) is 13.5. The van der Waals surface area contributed by atoms with E-state index in [9.17, 15) is 9.90 Å². The van der Waals surface area contributed by atoms with Crippen LogP contribution in [0.5, 0.6) is 0 Å². The van der Waals surface area contributed by atoms with Gasteiger partial charge in [0.05, 0.1) is 24.2 Å². The molecule has 0 aliphatic heterocycles. The average Bonchev–Trinajstić information content (AvgIpc) is 2.39. The molecule has 1 aromatic rings. The Labute approximate surface area is 114 Å². The Kier molecular flexibility index (Phi) is 5.53. The van der Waals surface area contributed by atoms with Crippen molar-refractivity contribution in [2.45, 2.75) is 32.9 Å². The van der Waals surface area contributed by atoms with E-state index in [1.165, 1.54) is 0 Å². The van der Waals surface area contributed by atoms with Gasteiger partial charge in [-0.1, -0.05) is 26.0 Å². The molecule has 102 valence electrons. The Bertz CT molecular complexity index is 460. The molecule has 1 N–H and O–H groups in total. The second kappa shape index (κ2) is 6.91. The zero-order valence-electron chi connectivity index (χ0n) is 11.6. The molecule has 0 saturated carbocycles. The van der Waals surface area contributed by atoms with E-state index in [2.05, 4.69) is 6.07 Å². The number of aliphatic hydroxyl groups is 1. The summed E-state index contributed by atoms with van der Waals surface area (Å²) in [6.07, 6.45) is -0.458. The summed E-state index contributed by atoms with van der Waals surface area (Å²) in [7, 11) is 1.72. The maximum absolute atomic E-state index is 11.9. The minimum Gasteiger partial charge on any atom is -0.392 e. The lowest BCUT2D eigenvalue weighted by Crippen LogP contribution is -2.31. The molecule has 1 rings (SSSR count). The first-order valence-electron chi connectivity index (χ1n) is 6.35. The fraction of sp³-hybridized carbons (Fsp3) is 0.467. The van der Waals surface area contributed by atoms with E-state index in [-0.39, 0.29) is 18.2 Å². The van der Waals surface area contributed by atoms with Crippen LogP contribution >= 0.6 is 0 Å². The third-order valence-corrected chi connectivity index (χ3v) is 3.08. The van der Waals surface area contributed by atoms with Crippen molar-refractivity contribution in [1.29, 1.82) is 5.26 Å². The number of benzene rings is 1. The zero-order chi connectivity index (χ0) is 14.4. The van der Waals surface area contributed by atoms with E-state index in [1.807, 2.05) is 26.0 Å². The van der Waals surface area contributed by atoms with Gasteiger partial charge in [-0.25, -0.2) is 0 Å². The third-order valence-electron chi connectivity index (χ3n) is 3.08. The maximum Gasteiger partial charge on any atom is 0.225 e. The molecule has 1 unspecified atom stereocenters. The van der Waals surface area contributed by atoms with Gasteiger partial charge in [-0.3, -0.25) is 4.79 Å². The van der Waals surface area contributed by atoms with Gasteiger partial charge in [-0.05, 0) is 23.6 Å². The summed E-state index contributed by atoms with van der Waals surface area (Å²) >= 11 is 0. The Morgan fingerprint density at radius 1 is 1.37 bits per heavy atom. The second-order valence-corrected chi connectivity index (χ2v) is 5.07. The topological polar surface area (TPSA) is 64.3 Å². The highest BCUT2D eigenvalue weighted by Crippen LogP contribution is 2.10. The van der Waals surface area contributed by atoms with Crippen LogP contribution in [-0.4, -0.2) is 29.1 Å². The van der Waals surface area contributed by atoms with Crippen LogP contribution in [0, 0.1) is 17.2 Å². The number of rotatable bonds is 5. The number of nitrogens with zero attached hydrogens (tertiary/aromatic N) is 2. The van der Waals surface area contributed by atoms with Crippen LogP contribution in [0.2, 0.25) is 0 Å². The summed E-state index contributed by atoms with van der Waals surface area (Å²) in [5.41, 5.74) is 1.57. The van der Waals surface area contributed by atoms with Crippen LogP contribution in [0.15, 0.2) is 24.3 Å². The van der Waals surface area contributed by atoms with Crippen LogP contribution in [0.1, 0.15) is 31.4 Å². The number of carbonyl (C=O) groups is 1. The largest absolute Gasteiger partial charge is 0.392 e. The summed E-state index contributed by atoms with van der Waals surface area (Å²) < 4.78 is 0. The predicted octanol–water partition coefficient (Wildman–Crippen LogP) is 1.92. The van der Waals surface area contributed by atoms with Crippen molar-refractivity contribution < 1.29 is 9.90 Å². The molecule has 4 nitrogen and oxygen atoms in total. The number of carbonyl (C=O) groups excluding carboxylic acids is 1. The maximum atomic E-state index is 11.9. The lowest BCUT2D eigenvalue weighted by atomic mass is 10.0. The third kappa shape index (κ3) is 4.72. The number of hydrogen-bond acceptors (Lipinski definition) is 3. The predicted molar refractivity (Wildman–Crippen MR) is 73.1 cm³/mol. The van der Waals surface area contributed by atoms with E-state index < -0.39 is 6.10 Å². The molecule has 0 heterocycles. The SMILES string of the molecule is CC(C)C(O)CC(=O)N(C)Cc1ccc(C#N)cc1.